The summed E-state index contributed by atoms with van der Waals surface area (Å²) >= 11 is 1.68. The van der Waals surface area contributed by atoms with Crippen molar-refractivity contribution in [2.24, 2.45) is 0 Å². The Morgan fingerprint density at radius 3 is 1.72 bits per heavy atom. The van der Waals surface area contributed by atoms with E-state index in [2.05, 4.69) is 21.0 Å². The van der Waals surface area contributed by atoms with Crippen molar-refractivity contribution in [1.29, 1.82) is 0 Å². The van der Waals surface area contributed by atoms with Crippen LogP contribution in [0.1, 0.15) is 0 Å². The molecule has 0 spiro atoms. The van der Waals surface area contributed by atoms with E-state index in [-0.39, 0.29) is 0 Å². The van der Waals surface area contributed by atoms with Gasteiger partial charge in [-0.2, -0.15) is 0 Å². The van der Waals surface area contributed by atoms with E-state index in [1.54, 1.807) is 46.9 Å². The van der Waals surface area contributed by atoms with E-state index in [0.717, 1.165) is 76.9 Å². The van der Waals surface area contributed by atoms with Crippen molar-refractivity contribution in [3.05, 3.63) is 78.9 Å². The fourth-order valence-corrected chi connectivity index (χ4v) is 7.41. The number of benzene rings is 4. The zero-order chi connectivity index (χ0) is 37.4. The van der Waals surface area contributed by atoms with Gasteiger partial charge in [0.25, 0.3) is 0 Å². The van der Waals surface area contributed by atoms with Crippen LogP contribution in [0.5, 0.6) is 40.2 Å². The average Bonchev–Trinajstić information content (AvgIpc) is 3.89. The van der Waals surface area contributed by atoms with E-state index in [9.17, 15) is 0 Å². The highest BCUT2D eigenvalue weighted by Crippen LogP contribution is 2.42. The van der Waals surface area contributed by atoms with Crippen molar-refractivity contribution in [3.8, 4) is 73.4 Å². The lowest BCUT2D eigenvalue weighted by Gasteiger charge is -2.34. The molecule has 0 amide bonds. The summed E-state index contributed by atoms with van der Waals surface area (Å²) in [6.45, 7) is 6.48. The van der Waals surface area contributed by atoms with E-state index in [0.29, 0.717) is 59.2 Å². The minimum atomic E-state index is 0.511. The number of thiazole rings is 1. The molecule has 1 aliphatic rings. The molecule has 1 saturated heterocycles. The summed E-state index contributed by atoms with van der Waals surface area (Å²) in [5.41, 5.74) is 4.23. The van der Waals surface area contributed by atoms with Crippen LogP contribution in [-0.4, -0.2) is 108 Å². The molecule has 1 aliphatic heterocycles. The van der Waals surface area contributed by atoms with Crippen LogP contribution >= 0.6 is 11.3 Å². The van der Waals surface area contributed by atoms with Gasteiger partial charge in [0, 0.05) is 62.0 Å². The summed E-state index contributed by atoms with van der Waals surface area (Å²) in [5.74, 6) is 4.90. The highest BCUT2D eigenvalue weighted by molar-refractivity contribution is 7.21. The highest BCUT2D eigenvalue weighted by Gasteiger charge is 2.20. The number of ether oxygens (including phenoxy) is 7. The van der Waals surface area contributed by atoms with Gasteiger partial charge in [0.15, 0.2) is 40.3 Å². The van der Waals surface area contributed by atoms with Crippen molar-refractivity contribution >= 4 is 21.6 Å². The first-order chi connectivity index (χ1) is 26.5. The molecule has 3 heterocycles. The fraction of sp³-hybridized carbons (Fsp3) is 0.317. The summed E-state index contributed by atoms with van der Waals surface area (Å²) in [6, 6.07) is 25.4. The number of piperazine rings is 1. The molecule has 4 aromatic carbocycles. The number of nitrogens with zero attached hydrogens (tertiary/aromatic N) is 4. The highest BCUT2D eigenvalue weighted by atomic mass is 32.1. The monoisotopic (exact) mass is 752 g/mol. The van der Waals surface area contributed by atoms with Crippen LogP contribution in [0.4, 0.5) is 0 Å². The largest absolute Gasteiger partial charge is 0.493 e. The molecule has 54 heavy (non-hydrogen) atoms. The van der Waals surface area contributed by atoms with E-state index in [4.69, 9.17) is 42.7 Å². The molecule has 13 heteroatoms. The lowest BCUT2D eigenvalue weighted by Crippen LogP contribution is -2.48. The molecule has 0 atom stereocenters. The second kappa shape index (κ2) is 17.1. The van der Waals surface area contributed by atoms with Crippen LogP contribution in [-0.2, 0) is 0 Å². The van der Waals surface area contributed by atoms with E-state index >= 15 is 0 Å². The average molecular weight is 753 g/mol. The van der Waals surface area contributed by atoms with Gasteiger partial charge >= 0.3 is 0 Å². The minimum Gasteiger partial charge on any atom is -0.493 e. The van der Waals surface area contributed by atoms with Crippen molar-refractivity contribution in [2.75, 3.05) is 88.0 Å². The zero-order valence-electron chi connectivity index (χ0n) is 31.1. The van der Waals surface area contributed by atoms with Crippen molar-refractivity contribution in [3.63, 3.8) is 0 Å². The molecule has 12 nitrogen and oxygen atoms in total. The van der Waals surface area contributed by atoms with Gasteiger partial charge in [0.05, 0.1) is 45.8 Å². The Morgan fingerprint density at radius 1 is 0.593 bits per heavy atom. The standard InChI is InChI=1S/C41H44N4O8S/c1-46-32-12-10-27(34-26-31(43-53-34)29-24-37(48-3)40(50-5)38(25-29)49-4)22-35(32)51-20-18-44-14-16-45(17-15-44)19-21-52-36-23-28(11-13-33(36)47-2)41-42-30-8-6-7-9-39(30)54-41/h6-13,22-26H,14-21H2,1-5H3. The first-order valence-corrected chi connectivity index (χ1v) is 18.5. The first kappa shape index (κ1) is 36.8. The second-order valence-corrected chi connectivity index (χ2v) is 13.6. The third kappa shape index (κ3) is 8.18. The van der Waals surface area contributed by atoms with Gasteiger partial charge in [-0.1, -0.05) is 17.3 Å². The van der Waals surface area contributed by atoms with Gasteiger partial charge in [-0.15, -0.1) is 11.3 Å². The van der Waals surface area contributed by atoms with Crippen LogP contribution in [0.2, 0.25) is 0 Å². The second-order valence-electron chi connectivity index (χ2n) is 12.6. The molecule has 0 aliphatic carbocycles. The summed E-state index contributed by atoms with van der Waals surface area (Å²) in [5, 5.41) is 5.27. The Hall–Kier alpha value is -5.50. The Bertz CT molecular complexity index is 2120. The molecule has 1 fully saturated rings. The minimum absolute atomic E-state index is 0.511. The Balaban J connectivity index is 0.901. The lowest BCUT2D eigenvalue weighted by atomic mass is 10.1. The smallest absolute Gasteiger partial charge is 0.203 e. The quantitative estimate of drug-likeness (QED) is 0.0983. The molecule has 0 bridgehead atoms. The molecule has 0 saturated carbocycles. The summed E-state index contributed by atoms with van der Waals surface area (Å²) in [7, 11) is 8.04. The SMILES string of the molecule is COc1ccc(-c2cc(-c3cc(OC)c(OC)c(OC)c3)no2)cc1OCCN1CCN(CCOc2cc(-c3nc4ccccc4s3)ccc2OC)CC1. The summed E-state index contributed by atoms with van der Waals surface area (Å²) in [4.78, 5) is 9.65. The van der Waals surface area contributed by atoms with Crippen molar-refractivity contribution in [1.82, 2.24) is 19.9 Å². The number of rotatable bonds is 16. The van der Waals surface area contributed by atoms with Crippen LogP contribution in [0.3, 0.4) is 0 Å². The molecular formula is C41H44N4O8S. The number of methoxy groups -OCH3 is 5. The fourth-order valence-electron chi connectivity index (χ4n) is 6.44. The van der Waals surface area contributed by atoms with E-state index < -0.39 is 0 Å². The maximum absolute atomic E-state index is 6.27. The molecule has 2 aromatic heterocycles. The van der Waals surface area contributed by atoms with Crippen LogP contribution in [0, 0.1) is 0 Å². The molecule has 0 N–H and O–H groups in total. The van der Waals surface area contributed by atoms with Crippen LogP contribution < -0.4 is 33.2 Å². The van der Waals surface area contributed by atoms with Gasteiger partial charge < -0.3 is 37.7 Å². The predicted octanol–water partition coefficient (Wildman–Crippen LogP) is 7.40. The summed E-state index contributed by atoms with van der Waals surface area (Å²) in [6.07, 6.45) is 0. The van der Waals surface area contributed by atoms with Crippen molar-refractivity contribution < 1.29 is 37.7 Å². The van der Waals surface area contributed by atoms with Gasteiger partial charge in [0.2, 0.25) is 5.75 Å². The number of hydrogen-bond donors (Lipinski definition) is 0. The molecule has 0 radical (unpaired) electrons. The summed E-state index contributed by atoms with van der Waals surface area (Å²) < 4.78 is 47.1. The maximum Gasteiger partial charge on any atom is 0.203 e. The van der Waals surface area contributed by atoms with Crippen molar-refractivity contribution in [2.45, 2.75) is 0 Å². The van der Waals surface area contributed by atoms with Gasteiger partial charge in [-0.25, -0.2) is 4.98 Å². The number of hydrogen-bond acceptors (Lipinski definition) is 13. The van der Waals surface area contributed by atoms with Gasteiger partial charge in [0.1, 0.15) is 23.9 Å². The number of fused-ring (bicyclic) bond motifs is 1. The van der Waals surface area contributed by atoms with Gasteiger partial charge in [-0.05, 0) is 60.7 Å². The number of para-hydroxylation sites is 1. The lowest BCUT2D eigenvalue weighted by molar-refractivity contribution is 0.104. The third-order valence-corrected chi connectivity index (χ3v) is 10.5. The number of aromatic nitrogens is 2. The topological polar surface area (TPSA) is 110 Å². The molecule has 282 valence electrons. The molecule has 6 aromatic rings. The van der Waals surface area contributed by atoms with Crippen LogP contribution in [0.25, 0.3) is 43.4 Å². The third-order valence-electron chi connectivity index (χ3n) is 9.42. The molecule has 0 unspecified atom stereocenters. The molecule has 7 rings (SSSR count). The van der Waals surface area contributed by atoms with Gasteiger partial charge in [-0.3, -0.25) is 9.80 Å². The predicted molar refractivity (Wildman–Crippen MR) is 209 cm³/mol. The first-order valence-electron chi connectivity index (χ1n) is 17.7. The Labute approximate surface area is 318 Å². The zero-order valence-corrected chi connectivity index (χ0v) is 31.9. The van der Waals surface area contributed by atoms with E-state index in [1.165, 1.54) is 0 Å². The Morgan fingerprint density at radius 2 is 1.15 bits per heavy atom. The maximum atomic E-state index is 6.27. The normalized spacial score (nSPS) is 13.5. The Kier molecular flexibility index (Phi) is 11.7. The molecular weight excluding hydrogens is 709 g/mol. The van der Waals surface area contributed by atoms with E-state index in [1.807, 2.05) is 72.8 Å². The van der Waals surface area contributed by atoms with Crippen LogP contribution in [0.15, 0.2) is 83.4 Å².